The molecule has 1 aromatic carbocycles. The van der Waals surface area contributed by atoms with E-state index in [1.54, 1.807) is 20.1 Å². The minimum absolute atomic E-state index is 0.0619. The summed E-state index contributed by atoms with van der Waals surface area (Å²) in [6, 6.07) is 9.65. The molecule has 1 aromatic heterocycles. The SMILES string of the molecule is COc1ccc(C(C)=O)cc1C[n+]1ccc(N(C)C)cc1. The van der Waals surface area contributed by atoms with Gasteiger partial charge >= 0.3 is 0 Å². The monoisotopic (exact) mass is 285 g/mol. The van der Waals surface area contributed by atoms with Gasteiger partial charge in [0.05, 0.1) is 12.7 Å². The van der Waals surface area contributed by atoms with E-state index in [2.05, 4.69) is 21.6 Å². The molecule has 2 rings (SSSR count). The molecule has 0 amide bonds. The summed E-state index contributed by atoms with van der Waals surface area (Å²) >= 11 is 0. The highest BCUT2D eigenvalue weighted by Gasteiger charge is 2.12. The minimum Gasteiger partial charge on any atom is -0.496 e. The highest BCUT2D eigenvalue weighted by Crippen LogP contribution is 2.20. The summed E-state index contributed by atoms with van der Waals surface area (Å²) in [6.07, 6.45) is 4.05. The Morgan fingerprint density at radius 3 is 2.38 bits per heavy atom. The van der Waals surface area contributed by atoms with Crippen LogP contribution in [0.1, 0.15) is 22.8 Å². The van der Waals surface area contributed by atoms with Crippen molar-refractivity contribution < 1.29 is 14.1 Å². The number of ketones is 1. The van der Waals surface area contributed by atoms with Gasteiger partial charge in [0.2, 0.25) is 0 Å². The topological polar surface area (TPSA) is 33.4 Å². The number of methoxy groups -OCH3 is 1. The molecular weight excluding hydrogens is 264 g/mol. The van der Waals surface area contributed by atoms with Crippen LogP contribution < -0.4 is 14.2 Å². The highest BCUT2D eigenvalue weighted by molar-refractivity contribution is 5.94. The maximum Gasteiger partial charge on any atom is 0.177 e. The van der Waals surface area contributed by atoms with Crippen LogP contribution in [-0.2, 0) is 6.54 Å². The minimum atomic E-state index is 0.0619. The van der Waals surface area contributed by atoms with Gasteiger partial charge in [-0.1, -0.05) is 0 Å². The Morgan fingerprint density at radius 2 is 1.86 bits per heavy atom. The summed E-state index contributed by atoms with van der Waals surface area (Å²) < 4.78 is 7.45. The molecule has 0 aliphatic carbocycles. The fourth-order valence-electron chi connectivity index (χ4n) is 2.17. The van der Waals surface area contributed by atoms with Gasteiger partial charge in [0.15, 0.2) is 24.7 Å². The Morgan fingerprint density at radius 1 is 1.19 bits per heavy atom. The van der Waals surface area contributed by atoms with Crippen molar-refractivity contribution in [1.29, 1.82) is 0 Å². The molecule has 4 nitrogen and oxygen atoms in total. The van der Waals surface area contributed by atoms with Crippen LogP contribution in [0.2, 0.25) is 0 Å². The van der Waals surface area contributed by atoms with Crippen molar-refractivity contribution in [3.63, 3.8) is 0 Å². The molecule has 0 N–H and O–H groups in total. The fourth-order valence-corrected chi connectivity index (χ4v) is 2.17. The van der Waals surface area contributed by atoms with Gasteiger partial charge in [0.25, 0.3) is 0 Å². The lowest BCUT2D eigenvalue weighted by Crippen LogP contribution is -2.33. The lowest BCUT2D eigenvalue weighted by Gasteiger charge is -2.11. The number of benzene rings is 1. The standard InChI is InChI=1S/C17H21N2O2/c1-13(20)14-5-6-17(21-4)15(11-14)12-19-9-7-16(8-10-19)18(2)3/h5-11H,12H2,1-4H3/q+1. The van der Waals surface area contributed by atoms with E-state index in [1.165, 1.54) is 0 Å². The molecular formula is C17H21N2O2+. The van der Waals surface area contributed by atoms with Crippen LogP contribution in [0.5, 0.6) is 5.75 Å². The Hall–Kier alpha value is -2.36. The summed E-state index contributed by atoms with van der Waals surface area (Å²) in [4.78, 5) is 13.6. The smallest absolute Gasteiger partial charge is 0.177 e. The Bertz CT molecular complexity index is 634. The molecule has 1 heterocycles. The van der Waals surface area contributed by atoms with Crippen molar-refractivity contribution in [3.05, 3.63) is 53.9 Å². The van der Waals surface area contributed by atoms with E-state index in [1.807, 2.05) is 38.6 Å². The van der Waals surface area contributed by atoms with Gasteiger partial charge in [-0.2, -0.15) is 0 Å². The molecule has 0 aliphatic rings. The van der Waals surface area contributed by atoms with E-state index < -0.39 is 0 Å². The number of pyridine rings is 1. The largest absolute Gasteiger partial charge is 0.496 e. The zero-order valence-corrected chi connectivity index (χ0v) is 13.0. The number of carbonyl (C=O) groups is 1. The predicted octanol–water partition coefficient (Wildman–Crippen LogP) is 2.30. The summed E-state index contributed by atoms with van der Waals surface area (Å²) in [5, 5.41) is 0. The van der Waals surface area contributed by atoms with Gasteiger partial charge in [-0.25, -0.2) is 4.57 Å². The second kappa shape index (κ2) is 6.39. The molecule has 0 unspecified atom stereocenters. The molecule has 2 aromatic rings. The third kappa shape index (κ3) is 3.60. The molecule has 0 saturated carbocycles. The highest BCUT2D eigenvalue weighted by atomic mass is 16.5. The van der Waals surface area contributed by atoms with Crippen molar-refractivity contribution in [1.82, 2.24) is 0 Å². The molecule has 0 atom stereocenters. The van der Waals surface area contributed by atoms with Crippen LogP contribution in [0, 0.1) is 0 Å². The van der Waals surface area contributed by atoms with Crippen molar-refractivity contribution in [2.45, 2.75) is 13.5 Å². The number of hydrogen-bond acceptors (Lipinski definition) is 3. The quantitative estimate of drug-likeness (QED) is 0.624. The normalized spacial score (nSPS) is 10.3. The molecule has 4 heteroatoms. The third-order valence-corrected chi connectivity index (χ3v) is 3.43. The Kier molecular flexibility index (Phi) is 4.58. The van der Waals surface area contributed by atoms with E-state index >= 15 is 0 Å². The van der Waals surface area contributed by atoms with Crippen molar-refractivity contribution in [2.24, 2.45) is 0 Å². The zero-order chi connectivity index (χ0) is 15.4. The van der Waals surface area contributed by atoms with E-state index in [9.17, 15) is 4.79 Å². The van der Waals surface area contributed by atoms with Crippen LogP contribution in [0.3, 0.4) is 0 Å². The summed E-state index contributed by atoms with van der Waals surface area (Å²) in [6.45, 7) is 2.24. The van der Waals surface area contributed by atoms with Gasteiger partial charge in [0, 0.05) is 37.5 Å². The number of rotatable bonds is 5. The third-order valence-electron chi connectivity index (χ3n) is 3.43. The number of aromatic nitrogens is 1. The predicted molar refractivity (Wildman–Crippen MR) is 83.1 cm³/mol. The van der Waals surface area contributed by atoms with E-state index in [4.69, 9.17) is 4.74 Å². The number of ether oxygens (including phenoxy) is 1. The number of Topliss-reactive ketones (excluding diaryl/α,β-unsaturated/α-hetero) is 1. The molecule has 0 bridgehead atoms. The Balaban J connectivity index is 2.29. The van der Waals surface area contributed by atoms with Gasteiger partial charge in [-0.15, -0.1) is 0 Å². The van der Waals surface area contributed by atoms with E-state index in [-0.39, 0.29) is 5.78 Å². The maximum atomic E-state index is 11.5. The van der Waals surface area contributed by atoms with Crippen LogP contribution in [0.25, 0.3) is 0 Å². The molecule has 21 heavy (non-hydrogen) atoms. The molecule has 110 valence electrons. The second-order valence-electron chi connectivity index (χ2n) is 5.21. The number of hydrogen-bond donors (Lipinski definition) is 0. The number of carbonyl (C=O) groups excluding carboxylic acids is 1. The van der Waals surface area contributed by atoms with Crippen LogP contribution in [0.4, 0.5) is 5.69 Å². The van der Waals surface area contributed by atoms with E-state index in [0.29, 0.717) is 12.1 Å². The number of anilines is 1. The first-order valence-corrected chi connectivity index (χ1v) is 6.85. The average molecular weight is 285 g/mol. The summed E-state index contributed by atoms with van der Waals surface area (Å²) in [5.74, 6) is 0.857. The van der Waals surface area contributed by atoms with Gasteiger partial charge in [-0.05, 0) is 25.1 Å². The van der Waals surface area contributed by atoms with E-state index in [0.717, 1.165) is 17.0 Å². The summed E-state index contributed by atoms with van der Waals surface area (Å²) in [5.41, 5.74) is 2.85. The zero-order valence-electron chi connectivity index (χ0n) is 13.0. The number of nitrogens with zero attached hydrogens (tertiary/aromatic N) is 2. The average Bonchev–Trinajstić information content (AvgIpc) is 2.47. The lowest BCUT2D eigenvalue weighted by atomic mass is 10.1. The van der Waals surface area contributed by atoms with Gasteiger partial charge < -0.3 is 9.64 Å². The van der Waals surface area contributed by atoms with Gasteiger partial charge in [0.1, 0.15) is 5.75 Å². The maximum absolute atomic E-state index is 11.5. The van der Waals surface area contributed by atoms with Crippen LogP contribution in [-0.4, -0.2) is 27.0 Å². The van der Waals surface area contributed by atoms with Crippen molar-refractivity contribution in [3.8, 4) is 5.75 Å². The van der Waals surface area contributed by atoms with Crippen molar-refractivity contribution >= 4 is 11.5 Å². The van der Waals surface area contributed by atoms with Crippen LogP contribution >= 0.6 is 0 Å². The summed E-state index contributed by atoms with van der Waals surface area (Å²) in [7, 11) is 5.67. The van der Waals surface area contributed by atoms with Crippen LogP contribution in [0.15, 0.2) is 42.7 Å². The first-order chi connectivity index (χ1) is 10.0. The first kappa shape index (κ1) is 15.0. The molecule has 0 saturated heterocycles. The van der Waals surface area contributed by atoms with Crippen molar-refractivity contribution in [2.75, 3.05) is 26.1 Å². The molecule has 0 aliphatic heterocycles. The molecule has 0 radical (unpaired) electrons. The fraction of sp³-hybridized carbons (Fsp3) is 0.294. The Labute approximate surface area is 125 Å². The second-order valence-corrected chi connectivity index (χ2v) is 5.21. The van der Waals surface area contributed by atoms with Gasteiger partial charge in [-0.3, -0.25) is 4.79 Å². The molecule has 0 spiro atoms. The first-order valence-electron chi connectivity index (χ1n) is 6.85. The lowest BCUT2D eigenvalue weighted by molar-refractivity contribution is -0.688. The molecule has 0 fully saturated rings.